The Morgan fingerprint density at radius 1 is 1.11 bits per heavy atom. The van der Waals surface area contributed by atoms with Crippen LogP contribution in [-0.2, 0) is 9.59 Å². The quantitative estimate of drug-likeness (QED) is 0.788. The van der Waals surface area contributed by atoms with E-state index in [0.717, 1.165) is 42.5 Å². The molecule has 1 fully saturated rings. The Morgan fingerprint density at radius 3 is 2.46 bits per heavy atom. The molecular formula is C22H29N3O3. The van der Waals surface area contributed by atoms with Gasteiger partial charge in [-0.2, -0.15) is 0 Å². The third kappa shape index (κ3) is 2.77. The maximum atomic E-state index is 13.3. The summed E-state index contributed by atoms with van der Waals surface area (Å²) in [7, 11) is 5.56. The Hall–Kier alpha value is -2.50. The summed E-state index contributed by atoms with van der Waals surface area (Å²) in [6.07, 6.45) is 4.27. The first-order valence-electron chi connectivity index (χ1n) is 10.1. The second-order valence-corrected chi connectivity index (χ2v) is 8.12. The molecule has 2 aliphatic heterocycles. The van der Waals surface area contributed by atoms with Crippen LogP contribution in [0.5, 0.6) is 5.75 Å². The third-order valence-electron chi connectivity index (χ3n) is 6.60. The number of rotatable bonds is 2. The molecule has 1 aliphatic carbocycles. The maximum Gasteiger partial charge on any atom is 0.254 e. The Labute approximate surface area is 166 Å². The van der Waals surface area contributed by atoms with E-state index in [2.05, 4.69) is 11.9 Å². The van der Waals surface area contributed by atoms with E-state index >= 15 is 0 Å². The standard InChI is InChI=1S/C22H29N3O3/c1-14(26)25-17-11-7-6-10-16(17)24(3)18-13-23(2)22(27)20(18)21(25)15-9-5-8-12-19(15)28-4/h5,8-9,12,16-17,21H,6-7,10-11,13H2,1-4H3/t16?,17-,21-/m1/s1. The molecule has 0 N–H and O–H groups in total. The summed E-state index contributed by atoms with van der Waals surface area (Å²) in [6, 6.07) is 7.67. The van der Waals surface area contributed by atoms with Gasteiger partial charge in [0, 0.05) is 38.3 Å². The summed E-state index contributed by atoms with van der Waals surface area (Å²) in [5.41, 5.74) is 2.65. The molecule has 0 saturated heterocycles. The van der Waals surface area contributed by atoms with Crippen molar-refractivity contribution in [3.05, 3.63) is 41.1 Å². The van der Waals surface area contributed by atoms with Crippen LogP contribution in [0.1, 0.15) is 44.2 Å². The Bertz CT molecular complexity index is 834. The largest absolute Gasteiger partial charge is 0.496 e. The van der Waals surface area contributed by atoms with Crippen molar-refractivity contribution in [1.29, 1.82) is 0 Å². The number of carbonyl (C=O) groups is 2. The van der Waals surface area contributed by atoms with E-state index in [0.29, 0.717) is 12.3 Å². The SMILES string of the molecule is COc1ccccc1[C@@H]1C2=C(CN(C)C2=O)N(C)C2CCCC[C@H]2N1C(C)=O. The van der Waals surface area contributed by atoms with Gasteiger partial charge in [0.05, 0.1) is 31.3 Å². The fourth-order valence-electron chi connectivity index (χ4n) is 5.30. The van der Waals surface area contributed by atoms with Gasteiger partial charge in [-0.25, -0.2) is 0 Å². The molecule has 28 heavy (non-hydrogen) atoms. The van der Waals surface area contributed by atoms with Crippen LogP contribution >= 0.6 is 0 Å². The first-order chi connectivity index (χ1) is 13.5. The van der Waals surface area contributed by atoms with Crippen LogP contribution in [0.3, 0.4) is 0 Å². The highest BCUT2D eigenvalue weighted by atomic mass is 16.5. The van der Waals surface area contributed by atoms with E-state index < -0.39 is 6.04 Å². The minimum Gasteiger partial charge on any atom is -0.496 e. The highest BCUT2D eigenvalue weighted by Gasteiger charge is 2.49. The van der Waals surface area contributed by atoms with Gasteiger partial charge in [0.25, 0.3) is 5.91 Å². The number of ether oxygens (including phenoxy) is 1. The maximum absolute atomic E-state index is 13.3. The molecule has 4 rings (SSSR count). The van der Waals surface area contributed by atoms with Crippen molar-refractivity contribution in [2.45, 2.75) is 50.7 Å². The van der Waals surface area contributed by atoms with E-state index in [1.165, 1.54) is 0 Å². The zero-order chi connectivity index (χ0) is 20.0. The summed E-state index contributed by atoms with van der Waals surface area (Å²) in [5.74, 6) is 0.727. The Kier molecular flexibility index (Phi) is 4.81. The number of methoxy groups -OCH3 is 1. The molecule has 0 aromatic heterocycles. The molecule has 3 aliphatic rings. The van der Waals surface area contributed by atoms with Crippen molar-refractivity contribution >= 4 is 11.8 Å². The second-order valence-electron chi connectivity index (χ2n) is 8.12. The molecule has 0 spiro atoms. The highest BCUT2D eigenvalue weighted by molar-refractivity contribution is 5.99. The van der Waals surface area contributed by atoms with Crippen molar-refractivity contribution in [2.75, 3.05) is 27.7 Å². The minimum absolute atomic E-state index is 0.00246. The van der Waals surface area contributed by atoms with Gasteiger partial charge >= 0.3 is 0 Å². The van der Waals surface area contributed by atoms with Gasteiger partial charge in [0.15, 0.2) is 0 Å². The molecule has 0 radical (unpaired) electrons. The first-order valence-corrected chi connectivity index (χ1v) is 10.1. The van der Waals surface area contributed by atoms with Gasteiger partial charge in [0.1, 0.15) is 5.75 Å². The molecule has 150 valence electrons. The number of carbonyl (C=O) groups excluding carboxylic acids is 2. The molecular weight excluding hydrogens is 354 g/mol. The van der Waals surface area contributed by atoms with Crippen molar-refractivity contribution in [1.82, 2.24) is 14.7 Å². The average Bonchev–Trinajstić information content (AvgIpc) is 2.94. The number of para-hydroxylation sites is 1. The number of nitrogens with zero attached hydrogens (tertiary/aromatic N) is 3. The summed E-state index contributed by atoms with van der Waals surface area (Å²) < 4.78 is 5.64. The normalized spacial score (nSPS) is 27.5. The van der Waals surface area contributed by atoms with Crippen LogP contribution in [0.4, 0.5) is 0 Å². The molecule has 1 saturated carbocycles. The van der Waals surface area contributed by atoms with Gasteiger partial charge in [-0.3, -0.25) is 9.59 Å². The molecule has 2 heterocycles. The number of hydrogen-bond donors (Lipinski definition) is 0. The summed E-state index contributed by atoms with van der Waals surface area (Å²) >= 11 is 0. The number of amides is 2. The van der Waals surface area contributed by atoms with Crippen LogP contribution in [-0.4, -0.2) is 66.3 Å². The smallest absolute Gasteiger partial charge is 0.254 e. The van der Waals surface area contributed by atoms with E-state index in [1.807, 2.05) is 36.2 Å². The average molecular weight is 383 g/mol. The number of likely N-dealkylation sites (N-methyl/N-ethyl adjacent to an activating group) is 2. The fraction of sp³-hybridized carbons (Fsp3) is 0.545. The lowest BCUT2D eigenvalue weighted by atomic mass is 9.86. The predicted molar refractivity (Wildman–Crippen MR) is 107 cm³/mol. The molecule has 3 atom stereocenters. The molecule has 0 bridgehead atoms. The summed E-state index contributed by atoms with van der Waals surface area (Å²) in [5, 5.41) is 0. The number of benzene rings is 1. The first kappa shape index (κ1) is 18.8. The summed E-state index contributed by atoms with van der Waals surface area (Å²) in [6.45, 7) is 2.22. The van der Waals surface area contributed by atoms with E-state index in [1.54, 1.807) is 18.9 Å². The lowest BCUT2D eigenvalue weighted by molar-refractivity contribution is -0.136. The molecule has 6 nitrogen and oxygen atoms in total. The molecule has 1 aromatic rings. The van der Waals surface area contributed by atoms with Crippen LogP contribution < -0.4 is 4.74 Å². The van der Waals surface area contributed by atoms with Gasteiger partial charge in [0.2, 0.25) is 5.91 Å². The monoisotopic (exact) mass is 383 g/mol. The van der Waals surface area contributed by atoms with Crippen molar-refractivity contribution < 1.29 is 14.3 Å². The van der Waals surface area contributed by atoms with Gasteiger partial charge in [-0.15, -0.1) is 0 Å². The van der Waals surface area contributed by atoms with Crippen LogP contribution in [0.15, 0.2) is 35.5 Å². The lowest BCUT2D eigenvalue weighted by Gasteiger charge is -2.45. The lowest BCUT2D eigenvalue weighted by Crippen LogP contribution is -2.53. The number of hydrogen-bond acceptors (Lipinski definition) is 4. The second kappa shape index (κ2) is 7.15. The number of fused-ring (bicyclic) bond motifs is 1. The van der Waals surface area contributed by atoms with E-state index in [-0.39, 0.29) is 23.9 Å². The zero-order valence-corrected chi connectivity index (χ0v) is 17.1. The fourth-order valence-corrected chi connectivity index (χ4v) is 5.30. The van der Waals surface area contributed by atoms with Gasteiger partial charge < -0.3 is 19.4 Å². The molecule has 1 unspecified atom stereocenters. The van der Waals surface area contributed by atoms with Crippen molar-refractivity contribution in [3.63, 3.8) is 0 Å². The highest BCUT2D eigenvalue weighted by Crippen LogP contribution is 2.46. The van der Waals surface area contributed by atoms with Crippen molar-refractivity contribution in [2.24, 2.45) is 0 Å². The van der Waals surface area contributed by atoms with Gasteiger partial charge in [-0.1, -0.05) is 31.0 Å². The predicted octanol–water partition coefficient (Wildman–Crippen LogP) is 2.57. The Balaban J connectivity index is 1.97. The molecule has 2 amide bonds. The topological polar surface area (TPSA) is 53.1 Å². The third-order valence-corrected chi connectivity index (χ3v) is 6.60. The van der Waals surface area contributed by atoms with Crippen molar-refractivity contribution in [3.8, 4) is 5.75 Å². The van der Waals surface area contributed by atoms with Crippen LogP contribution in [0, 0.1) is 0 Å². The molecule has 6 heteroatoms. The van der Waals surface area contributed by atoms with Crippen LogP contribution in [0.2, 0.25) is 0 Å². The zero-order valence-electron chi connectivity index (χ0n) is 17.1. The van der Waals surface area contributed by atoms with Gasteiger partial charge in [-0.05, 0) is 18.9 Å². The van der Waals surface area contributed by atoms with E-state index in [4.69, 9.17) is 4.74 Å². The summed E-state index contributed by atoms with van der Waals surface area (Å²) in [4.78, 5) is 32.3. The minimum atomic E-state index is -0.420. The van der Waals surface area contributed by atoms with Crippen LogP contribution in [0.25, 0.3) is 0 Å². The molecule has 1 aromatic carbocycles. The Morgan fingerprint density at radius 2 is 1.79 bits per heavy atom. The van der Waals surface area contributed by atoms with E-state index in [9.17, 15) is 9.59 Å².